The molecule has 4 nitrogen and oxygen atoms in total. The third kappa shape index (κ3) is 6.52. The largest absolute Gasteiger partial charge is 0.355 e. The lowest BCUT2D eigenvalue weighted by Gasteiger charge is -2.33. The number of guanidine groups is 1. The number of nitrogens with zero attached hydrogens (tertiary/aromatic N) is 2. The van der Waals surface area contributed by atoms with E-state index in [-0.39, 0.29) is 24.0 Å². The van der Waals surface area contributed by atoms with Crippen LogP contribution in [-0.2, 0) is 6.54 Å². The summed E-state index contributed by atoms with van der Waals surface area (Å²) in [5.74, 6) is 0.890. The van der Waals surface area contributed by atoms with Gasteiger partial charge in [-0.05, 0) is 48.7 Å². The summed E-state index contributed by atoms with van der Waals surface area (Å²) < 4.78 is 0. The van der Waals surface area contributed by atoms with Gasteiger partial charge in [0.25, 0.3) is 0 Å². The van der Waals surface area contributed by atoms with Crippen LogP contribution in [0.2, 0.25) is 0 Å². The summed E-state index contributed by atoms with van der Waals surface area (Å²) in [6, 6.07) is 2.87. The van der Waals surface area contributed by atoms with Gasteiger partial charge in [0, 0.05) is 32.7 Å². The van der Waals surface area contributed by atoms with Crippen molar-refractivity contribution in [2.75, 3.05) is 26.7 Å². The number of hydrogen-bond acceptors (Lipinski definition) is 3. The van der Waals surface area contributed by atoms with E-state index < -0.39 is 0 Å². The minimum atomic E-state index is 0. The molecule has 0 aromatic carbocycles. The van der Waals surface area contributed by atoms with Gasteiger partial charge >= 0.3 is 0 Å². The molecule has 1 unspecified atom stereocenters. The van der Waals surface area contributed by atoms with Crippen LogP contribution in [0, 0.1) is 0 Å². The SMILES string of the molecule is CN=C(NCCN1CCCCC1C)NCc1ccsc1.I. The van der Waals surface area contributed by atoms with Crippen molar-refractivity contribution < 1.29 is 0 Å². The van der Waals surface area contributed by atoms with Crippen molar-refractivity contribution in [1.82, 2.24) is 15.5 Å². The second-order valence-electron chi connectivity index (χ2n) is 5.36. The molecule has 21 heavy (non-hydrogen) atoms. The first-order chi connectivity index (χ1) is 9.79. The molecule has 1 atom stereocenters. The minimum Gasteiger partial charge on any atom is -0.355 e. The Kier molecular flexibility index (Phi) is 9.26. The molecule has 1 aliphatic heterocycles. The first kappa shape index (κ1) is 18.7. The molecule has 2 heterocycles. The van der Waals surface area contributed by atoms with Crippen LogP contribution in [0.15, 0.2) is 21.8 Å². The number of hydrogen-bond donors (Lipinski definition) is 2. The van der Waals surface area contributed by atoms with Crippen molar-refractivity contribution in [3.05, 3.63) is 22.4 Å². The van der Waals surface area contributed by atoms with Gasteiger partial charge in [0.15, 0.2) is 5.96 Å². The Balaban J connectivity index is 0.00000220. The Morgan fingerprint density at radius 1 is 1.43 bits per heavy atom. The fourth-order valence-electron chi connectivity index (χ4n) is 2.61. The van der Waals surface area contributed by atoms with Gasteiger partial charge < -0.3 is 10.6 Å². The van der Waals surface area contributed by atoms with Gasteiger partial charge in [-0.2, -0.15) is 11.3 Å². The molecule has 0 aliphatic carbocycles. The van der Waals surface area contributed by atoms with Crippen molar-refractivity contribution in [1.29, 1.82) is 0 Å². The average molecular weight is 422 g/mol. The number of aliphatic imine (C=N–C) groups is 1. The molecule has 2 rings (SSSR count). The van der Waals surface area contributed by atoms with Gasteiger partial charge in [-0.25, -0.2) is 0 Å². The molecule has 0 spiro atoms. The molecule has 120 valence electrons. The molecule has 0 amide bonds. The van der Waals surface area contributed by atoms with Crippen molar-refractivity contribution in [3.8, 4) is 0 Å². The molecule has 1 aromatic heterocycles. The molecule has 0 saturated carbocycles. The Morgan fingerprint density at radius 2 is 2.29 bits per heavy atom. The van der Waals surface area contributed by atoms with Crippen LogP contribution < -0.4 is 10.6 Å². The summed E-state index contributed by atoms with van der Waals surface area (Å²) in [4.78, 5) is 6.84. The zero-order valence-corrected chi connectivity index (χ0v) is 16.1. The summed E-state index contributed by atoms with van der Waals surface area (Å²) in [6.07, 6.45) is 4.07. The Bertz CT molecular complexity index is 408. The minimum absolute atomic E-state index is 0. The molecular formula is C15H27IN4S. The van der Waals surface area contributed by atoms with Gasteiger partial charge in [-0.15, -0.1) is 24.0 Å². The van der Waals surface area contributed by atoms with Crippen LogP contribution >= 0.6 is 35.3 Å². The third-order valence-electron chi connectivity index (χ3n) is 3.90. The van der Waals surface area contributed by atoms with E-state index >= 15 is 0 Å². The molecule has 0 bridgehead atoms. The third-order valence-corrected chi connectivity index (χ3v) is 4.63. The average Bonchev–Trinajstić information content (AvgIpc) is 2.98. The standard InChI is InChI=1S/C15H26N4S.HI/c1-13-5-3-4-8-19(13)9-7-17-15(16-2)18-11-14-6-10-20-12-14;/h6,10,12-13H,3-5,7-9,11H2,1-2H3,(H2,16,17,18);1H. The first-order valence-electron chi connectivity index (χ1n) is 7.49. The van der Waals surface area contributed by atoms with Crippen LogP contribution in [0.4, 0.5) is 0 Å². The van der Waals surface area contributed by atoms with Crippen LogP contribution in [0.25, 0.3) is 0 Å². The summed E-state index contributed by atoms with van der Waals surface area (Å²) >= 11 is 1.73. The van der Waals surface area contributed by atoms with E-state index in [0.717, 1.165) is 31.6 Å². The van der Waals surface area contributed by atoms with E-state index in [0.29, 0.717) is 0 Å². The molecule has 0 radical (unpaired) electrons. The Labute approximate surface area is 149 Å². The number of halogens is 1. The van der Waals surface area contributed by atoms with E-state index in [9.17, 15) is 0 Å². The Hall–Kier alpha value is -0.340. The highest BCUT2D eigenvalue weighted by molar-refractivity contribution is 14.0. The predicted octanol–water partition coefficient (Wildman–Crippen LogP) is 2.91. The molecule has 6 heteroatoms. The van der Waals surface area contributed by atoms with Gasteiger partial charge in [0.2, 0.25) is 0 Å². The topological polar surface area (TPSA) is 39.7 Å². The quantitative estimate of drug-likeness (QED) is 0.436. The smallest absolute Gasteiger partial charge is 0.191 e. The highest BCUT2D eigenvalue weighted by Gasteiger charge is 2.17. The predicted molar refractivity (Wildman–Crippen MR) is 103 cm³/mol. The van der Waals surface area contributed by atoms with Crippen LogP contribution in [0.5, 0.6) is 0 Å². The van der Waals surface area contributed by atoms with E-state index in [1.807, 2.05) is 7.05 Å². The van der Waals surface area contributed by atoms with Crippen molar-refractivity contribution >= 4 is 41.3 Å². The van der Waals surface area contributed by atoms with Crippen molar-refractivity contribution in [3.63, 3.8) is 0 Å². The van der Waals surface area contributed by atoms with Crippen molar-refractivity contribution in [2.24, 2.45) is 4.99 Å². The van der Waals surface area contributed by atoms with E-state index in [2.05, 4.69) is 44.3 Å². The number of piperidine rings is 1. The maximum absolute atomic E-state index is 4.27. The zero-order valence-electron chi connectivity index (χ0n) is 13.0. The lowest BCUT2D eigenvalue weighted by Crippen LogP contribution is -2.45. The monoisotopic (exact) mass is 422 g/mol. The molecule has 1 fully saturated rings. The Morgan fingerprint density at radius 3 is 2.95 bits per heavy atom. The fraction of sp³-hybridized carbons (Fsp3) is 0.667. The molecular weight excluding hydrogens is 395 g/mol. The summed E-state index contributed by atoms with van der Waals surface area (Å²) in [5, 5.41) is 11.0. The number of thiophene rings is 1. The summed E-state index contributed by atoms with van der Waals surface area (Å²) in [7, 11) is 1.83. The van der Waals surface area contributed by atoms with Gasteiger partial charge in [0.05, 0.1) is 0 Å². The number of likely N-dealkylation sites (tertiary alicyclic amines) is 1. The lowest BCUT2D eigenvalue weighted by molar-refractivity contribution is 0.163. The van der Waals surface area contributed by atoms with E-state index in [4.69, 9.17) is 0 Å². The van der Waals surface area contributed by atoms with Gasteiger partial charge in [-0.1, -0.05) is 6.42 Å². The number of nitrogens with one attached hydrogen (secondary N) is 2. The van der Waals surface area contributed by atoms with Crippen LogP contribution in [-0.4, -0.2) is 43.6 Å². The molecule has 2 N–H and O–H groups in total. The highest BCUT2D eigenvalue weighted by atomic mass is 127. The van der Waals surface area contributed by atoms with E-state index in [1.165, 1.54) is 31.4 Å². The van der Waals surface area contributed by atoms with E-state index in [1.54, 1.807) is 11.3 Å². The second kappa shape index (κ2) is 10.4. The van der Waals surface area contributed by atoms with Crippen LogP contribution in [0.3, 0.4) is 0 Å². The zero-order chi connectivity index (χ0) is 14.2. The summed E-state index contributed by atoms with van der Waals surface area (Å²) in [6.45, 7) is 6.46. The van der Waals surface area contributed by atoms with Crippen LogP contribution in [0.1, 0.15) is 31.7 Å². The molecule has 1 saturated heterocycles. The van der Waals surface area contributed by atoms with Gasteiger partial charge in [-0.3, -0.25) is 9.89 Å². The highest BCUT2D eigenvalue weighted by Crippen LogP contribution is 2.15. The van der Waals surface area contributed by atoms with Crippen molar-refractivity contribution in [2.45, 2.75) is 38.8 Å². The maximum Gasteiger partial charge on any atom is 0.191 e. The lowest BCUT2D eigenvalue weighted by atomic mass is 10.0. The molecule has 1 aliphatic rings. The summed E-state index contributed by atoms with van der Waals surface area (Å²) in [5.41, 5.74) is 1.31. The maximum atomic E-state index is 4.27. The normalized spacial score (nSPS) is 19.9. The number of rotatable bonds is 5. The first-order valence-corrected chi connectivity index (χ1v) is 8.43. The molecule has 1 aromatic rings. The fourth-order valence-corrected chi connectivity index (χ4v) is 3.28. The second-order valence-corrected chi connectivity index (χ2v) is 6.14. The van der Waals surface area contributed by atoms with Gasteiger partial charge in [0.1, 0.15) is 0 Å².